The van der Waals surface area contributed by atoms with Crippen LogP contribution < -0.4 is 5.43 Å². The van der Waals surface area contributed by atoms with Crippen molar-refractivity contribution in [3.05, 3.63) is 65.1 Å². The van der Waals surface area contributed by atoms with Crippen molar-refractivity contribution in [2.75, 3.05) is 0 Å². The van der Waals surface area contributed by atoms with Crippen LogP contribution in [0.2, 0.25) is 0 Å². The molecule has 15 heavy (non-hydrogen) atoms. The van der Waals surface area contributed by atoms with Crippen LogP contribution in [0.5, 0.6) is 0 Å². The molecule has 0 amide bonds. The van der Waals surface area contributed by atoms with Crippen molar-refractivity contribution < 1.29 is 0 Å². The van der Waals surface area contributed by atoms with E-state index < -0.39 is 0 Å². The first-order chi connectivity index (χ1) is 7.34. The quantitative estimate of drug-likeness (QED) is 0.505. The van der Waals surface area contributed by atoms with Gasteiger partial charge in [0.2, 0.25) is 0 Å². The van der Waals surface area contributed by atoms with E-state index >= 15 is 0 Å². The van der Waals surface area contributed by atoms with Crippen LogP contribution in [0.3, 0.4) is 0 Å². The molecule has 0 atom stereocenters. The number of pyridine rings is 2. The molecular formula is C13H9NO. The Hall–Kier alpha value is -2.09. The minimum Gasteiger partial charge on any atom is -0.323 e. The number of aromatic nitrogens is 1. The van der Waals surface area contributed by atoms with E-state index in [-0.39, 0.29) is 5.43 Å². The fraction of sp³-hybridized carbons (Fsp3) is 0. The van der Waals surface area contributed by atoms with E-state index in [4.69, 9.17) is 0 Å². The molecule has 2 nitrogen and oxygen atoms in total. The van der Waals surface area contributed by atoms with Gasteiger partial charge in [-0.25, -0.2) is 0 Å². The summed E-state index contributed by atoms with van der Waals surface area (Å²) in [6.07, 6.45) is 3.83. The maximum atomic E-state index is 11.6. The number of nitrogens with zero attached hydrogens (tertiary/aromatic N) is 1. The van der Waals surface area contributed by atoms with Gasteiger partial charge >= 0.3 is 0 Å². The number of fused-ring (bicyclic) bond motifs is 2. The molecule has 0 N–H and O–H groups in total. The lowest BCUT2D eigenvalue weighted by molar-refractivity contribution is 1.16. The molecule has 1 aromatic rings. The van der Waals surface area contributed by atoms with E-state index in [0.717, 1.165) is 16.6 Å². The first kappa shape index (κ1) is 8.24. The van der Waals surface area contributed by atoms with Gasteiger partial charge in [0.05, 0.1) is 0 Å². The second kappa shape index (κ2) is 2.95. The zero-order chi connectivity index (χ0) is 10.3. The van der Waals surface area contributed by atoms with Gasteiger partial charge in [-0.1, -0.05) is 18.2 Å². The highest BCUT2D eigenvalue weighted by Crippen LogP contribution is 2.19. The van der Waals surface area contributed by atoms with E-state index in [9.17, 15) is 4.79 Å². The smallest absolute Gasteiger partial charge is 0.187 e. The molecule has 1 aliphatic heterocycles. The lowest BCUT2D eigenvalue weighted by atomic mass is 10.1. The van der Waals surface area contributed by atoms with Crippen LogP contribution in [-0.4, -0.2) is 4.40 Å². The zero-order valence-corrected chi connectivity index (χ0v) is 8.05. The molecule has 0 unspecified atom stereocenters. The molecule has 0 fully saturated rings. The molecule has 3 rings (SSSR count). The van der Waals surface area contributed by atoms with Crippen molar-refractivity contribution in [2.45, 2.75) is 0 Å². The molecule has 0 saturated carbocycles. The lowest BCUT2D eigenvalue weighted by Crippen LogP contribution is -2.05. The summed E-state index contributed by atoms with van der Waals surface area (Å²) in [7, 11) is 0. The zero-order valence-electron chi connectivity index (χ0n) is 8.05. The normalized spacial score (nSPS) is 10.9. The van der Waals surface area contributed by atoms with Crippen LogP contribution in [-0.2, 0) is 0 Å². The van der Waals surface area contributed by atoms with Crippen LogP contribution >= 0.6 is 0 Å². The van der Waals surface area contributed by atoms with Gasteiger partial charge in [0.25, 0.3) is 0 Å². The summed E-state index contributed by atoms with van der Waals surface area (Å²) in [5, 5.41) is 0. The predicted octanol–water partition coefficient (Wildman–Crippen LogP) is 2.40. The van der Waals surface area contributed by atoms with E-state index in [1.54, 1.807) is 12.1 Å². The fourth-order valence-corrected chi connectivity index (χ4v) is 1.83. The van der Waals surface area contributed by atoms with Crippen LogP contribution in [0.4, 0.5) is 0 Å². The van der Waals surface area contributed by atoms with Crippen molar-refractivity contribution >= 4 is 5.52 Å². The van der Waals surface area contributed by atoms with Gasteiger partial charge in [-0.2, -0.15) is 0 Å². The monoisotopic (exact) mass is 195 g/mol. The summed E-state index contributed by atoms with van der Waals surface area (Å²) in [6.45, 7) is 0. The van der Waals surface area contributed by atoms with E-state index in [1.165, 1.54) is 0 Å². The third kappa shape index (κ3) is 1.22. The minimum atomic E-state index is 0.0748. The molecule has 2 heterocycles. The Balaban J connectivity index is 2.54. The van der Waals surface area contributed by atoms with E-state index in [0.29, 0.717) is 0 Å². The average Bonchev–Trinajstić information content (AvgIpc) is 2.27. The fourth-order valence-electron chi connectivity index (χ4n) is 1.83. The van der Waals surface area contributed by atoms with Gasteiger partial charge in [0.1, 0.15) is 0 Å². The molecule has 0 spiro atoms. The summed E-state index contributed by atoms with van der Waals surface area (Å²) < 4.78 is 1.96. The maximum absolute atomic E-state index is 11.6. The summed E-state index contributed by atoms with van der Waals surface area (Å²) in [6, 6.07) is 13.3. The van der Waals surface area contributed by atoms with Gasteiger partial charge < -0.3 is 4.40 Å². The Bertz CT molecular complexity index is 654. The van der Waals surface area contributed by atoms with Crippen LogP contribution in [0.25, 0.3) is 16.6 Å². The Morgan fingerprint density at radius 2 is 1.93 bits per heavy atom. The molecule has 0 bridgehead atoms. The van der Waals surface area contributed by atoms with Crippen molar-refractivity contribution in [1.82, 2.24) is 4.40 Å². The largest absolute Gasteiger partial charge is 0.323 e. The Morgan fingerprint density at radius 3 is 2.87 bits per heavy atom. The van der Waals surface area contributed by atoms with Crippen molar-refractivity contribution in [3.63, 3.8) is 0 Å². The van der Waals surface area contributed by atoms with Crippen LogP contribution in [0, 0.1) is 0 Å². The summed E-state index contributed by atoms with van der Waals surface area (Å²) >= 11 is 0. The molecule has 0 aromatic carbocycles. The van der Waals surface area contributed by atoms with Crippen molar-refractivity contribution in [1.29, 1.82) is 0 Å². The van der Waals surface area contributed by atoms with Crippen LogP contribution in [0.1, 0.15) is 0 Å². The lowest BCUT2D eigenvalue weighted by Gasteiger charge is -2.07. The summed E-state index contributed by atoms with van der Waals surface area (Å²) in [4.78, 5) is 11.6. The molecule has 1 aliphatic carbocycles. The van der Waals surface area contributed by atoms with Gasteiger partial charge in [0.15, 0.2) is 5.43 Å². The highest BCUT2D eigenvalue weighted by Gasteiger charge is 2.05. The molecule has 0 radical (unpaired) electrons. The summed E-state index contributed by atoms with van der Waals surface area (Å²) in [5.41, 5.74) is 2.93. The van der Waals surface area contributed by atoms with E-state index in [2.05, 4.69) is 0 Å². The standard InChI is InChI=1S/C13H9NO/c15-13-6-3-4-10-8-11-5-1-2-7-14(11)9-12(10)13/h1-9H. The molecule has 2 heteroatoms. The highest BCUT2D eigenvalue weighted by molar-refractivity contribution is 5.70. The van der Waals surface area contributed by atoms with Gasteiger partial charge in [-0.3, -0.25) is 4.79 Å². The molecular weight excluding hydrogens is 186 g/mol. The number of rotatable bonds is 0. The SMILES string of the molecule is O=c1cccc2cc3ccccn3cc1-2. The second-order valence-corrected chi connectivity index (χ2v) is 3.57. The number of benzene rings is 1. The molecule has 2 aliphatic rings. The van der Waals surface area contributed by atoms with Gasteiger partial charge in [-0.15, -0.1) is 0 Å². The number of hydrogen-bond donors (Lipinski definition) is 0. The Morgan fingerprint density at radius 1 is 1.00 bits per heavy atom. The maximum Gasteiger partial charge on any atom is 0.187 e. The Kier molecular flexibility index (Phi) is 1.62. The minimum absolute atomic E-state index is 0.0748. The third-order valence-electron chi connectivity index (χ3n) is 2.59. The van der Waals surface area contributed by atoms with Gasteiger partial charge in [-0.05, 0) is 29.8 Å². The topological polar surface area (TPSA) is 21.5 Å². The first-order valence-corrected chi connectivity index (χ1v) is 4.84. The Labute approximate surface area is 86.8 Å². The summed E-state index contributed by atoms with van der Waals surface area (Å²) in [5.74, 6) is 0. The van der Waals surface area contributed by atoms with Crippen molar-refractivity contribution in [2.24, 2.45) is 0 Å². The average molecular weight is 195 g/mol. The molecule has 1 aromatic heterocycles. The first-order valence-electron chi connectivity index (χ1n) is 4.84. The third-order valence-corrected chi connectivity index (χ3v) is 2.59. The van der Waals surface area contributed by atoms with Gasteiger partial charge in [0, 0.05) is 23.5 Å². The molecule has 0 saturated heterocycles. The van der Waals surface area contributed by atoms with Crippen LogP contribution in [0.15, 0.2) is 59.7 Å². The highest BCUT2D eigenvalue weighted by atomic mass is 16.1. The van der Waals surface area contributed by atoms with E-state index in [1.807, 2.05) is 47.1 Å². The second-order valence-electron chi connectivity index (χ2n) is 3.57. The predicted molar refractivity (Wildman–Crippen MR) is 60.3 cm³/mol. The molecule has 72 valence electrons. The number of hydrogen-bond acceptors (Lipinski definition) is 1. The van der Waals surface area contributed by atoms with Crippen molar-refractivity contribution in [3.8, 4) is 11.1 Å².